The summed E-state index contributed by atoms with van der Waals surface area (Å²) in [6, 6.07) is 12.1. The number of carboxylic acids is 1. The molecule has 1 N–H and O–H groups in total. The molecule has 2 aromatic carbocycles. The number of aliphatic carboxylic acids is 1. The number of amides is 2. The largest absolute Gasteiger partial charge is 0.493 e. The molecule has 10 heteroatoms. The summed E-state index contributed by atoms with van der Waals surface area (Å²) in [5, 5.41) is 8.54. The number of hydrogen-bond donors (Lipinski definition) is 1. The highest BCUT2D eigenvalue weighted by Gasteiger charge is 2.35. The number of carboxylic acid groups (broad SMARTS) is 1. The molecule has 0 spiro atoms. The molecule has 0 aliphatic carbocycles. The highest BCUT2D eigenvalue weighted by molar-refractivity contribution is 8.18. The summed E-state index contributed by atoms with van der Waals surface area (Å²) in [6.45, 7) is 1.70. The molecule has 2 amide bonds. The summed E-state index contributed by atoms with van der Waals surface area (Å²) in [5.74, 6) is -0.0303. The van der Waals surface area contributed by atoms with Crippen LogP contribution in [0.2, 0.25) is 0 Å². The van der Waals surface area contributed by atoms with E-state index in [1.54, 1.807) is 43.3 Å². The first-order chi connectivity index (χ1) is 15.9. The molecule has 1 fully saturated rings. The van der Waals surface area contributed by atoms with Gasteiger partial charge in [0.2, 0.25) is 0 Å². The summed E-state index contributed by atoms with van der Waals surface area (Å²) in [7, 11) is 1.53. The zero-order valence-electron chi connectivity index (χ0n) is 18.1. The maximum atomic E-state index is 12.8. The average molecular weight is 474 g/mol. The number of nitrogens with zero attached hydrogens (tertiary/aromatic N) is 1. The number of para-hydroxylation sites is 3. The number of methoxy groups -OCH3 is 1. The zero-order valence-corrected chi connectivity index (χ0v) is 18.9. The van der Waals surface area contributed by atoms with Crippen molar-refractivity contribution >= 4 is 35.0 Å². The monoisotopic (exact) mass is 473 g/mol. The van der Waals surface area contributed by atoms with Gasteiger partial charge < -0.3 is 24.1 Å². The van der Waals surface area contributed by atoms with Crippen LogP contribution in [-0.4, -0.2) is 60.6 Å². The van der Waals surface area contributed by atoms with Crippen molar-refractivity contribution in [2.75, 3.05) is 33.5 Å². The van der Waals surface area contributed by atoms with E-state index in [2.05, 4.69) is 0 Å². The third-order valence-electron chi connectivity index (χ3n) is 4.45. The number of benzene rings is 2. The van der Waals surface area contributed by atoms with Crippen LogP contribution in [0.4, 0.5) is 4.79 Å². The van der Waals surface area contributed by atoms with Crippen molar-refractivity contribution in [1.82, 2.24) is 4.90 Å². The van der Waals surface area contributed by atoms with Crippen LogP contribution in [0.25, 0.3) is 6.08 Å². The SMILES string of the molecule is CCOc1cccc(/C=C2\SC(=O)N(CCOc3ccccc3OC)C2=O)c1OCC(=O)O. The maximum absolute atomic E-state index is 12.8. The minimum Gasteiger partial charge on any atom is -0.493 e. The van der Waals surface area contributed by atoms with E-state index in [4.69, 9.17) is 24.1 Å². The van der Waals surface area contributed by atoms with Crippen LogP contribution in [0.3, 0.4) is 0 Å². The quantitative estimate of drug-likeness (QED) is 0.489. The molecule has 0 unspecified atom stereocenters. The van der Waals surface area contributed by atoms with Gasteiger partial charge in [0.05, 0.1) is 25.2 Å². The van der Waals surface area contributed by atoms with Crippen molar-refractivity contribution in [3.8, 4) is 23.0 Å². The van der Waals surface area contributed by atoms with Crippen LogP contribution in [0.15, 0.2) is 47.4 Å². The Kier molecular flexibility index (Phi) is 8.20. The van der Waals surface area contributed by atoms with Gasteiger partial charge in [0.1, 0.15) is 6.61 Å². The molecule has 0 bridgehead atoms. The smallest absolute Gasteiger partial charge is 0.341 e. The number of thioether (sulfide) groups is 1. The molecular weight excluding hydrogens is 450 g/mol. The Balaban J connectivity index is 1.75. The summed E-state index contributed by atoms with van der Waals surface area (Å²) in [4.78, 5) is 37.5. The first kappa shape index (κ1) is 24.0. The van der Waals surface area contributed by atoms with Gasteiger partial charge in [-0.25, -0.2) is 4.79 Å². The fourth-order valence-electron chi connectivity index (χ4n) is 3.02. The number of carbonyl (C=O) groups is 3. The first-order valence-electron chi connectivity index (χ1n) is 10.1. The predicted molar refractivity (Wildman–Crippen MR) is 122 cm³/mol. The second kappa shape index (κ2) is 11.3. The van der Waals surface area contributed by atoms with Crippen molar-refractivity contribution in [1.29, 1.82) is 0 Å². The lowest BCUT2D eigenvalue weighted by Gasteiger charge is -2.15. The highest BCUT2D eigenvalue weighted by atomic mass is 32.2. The van der Waals surface area contributed by atoms with Gasteiger partial charge in [0.15, 0.2) is 29.6 Å². The van der Waals surface area contributed by atoms with Crippen LogP contribution in [0.1, 0.15) is 12.5 Å². The van der Waals surface area contributed by atoms with Gasteiger partial charge in [0, 0.05) is 5.56 Å². The molecule has 0 saturated carbocycles. The lowest BCUT2D eigenvalue weighted by Crippen LogP contribution is -2.32. The van der Waals surface area contributed by atoms with Crippen LogP contribution in [0, 0.1) is 0 Å². The molecule has 174 valence electrons. The highest BCUT2D eigenvalue weighted by Crippen LogP contribution is 2.37. The summed E-state index contributed by atoms with van der Waals surface area (Å²) < 4.78 is 21.8. The first-order valence-corrected chi connectivity index (χ1v) is 10.9. The molecule has 0 radical (unpaired) electrons. The number of carbonyl (C=O) groups excluding carboxylic acids is 2. The van der Waals surface area contributed by atoms with E-state index in [0.717, 1.165) is 16.7 Å². The number of ether oxygens (including phenoxy) is 4. The predicted octanol–water partition coefficient (Wildman–Crippen LogP) is 3.67. The minimum absolute atomic E-state index is 0.0570. The molecule has 1 saturated heterocycles. The molecule has 3 rings (SSSR count). The Labute approximate surface area is 194 Å². The van der Waals surface area contributed by atoms with E-state index in [-0.39, 0.29) is 23.8 Å². The van der Waals surface area contributed by atoms with Crippen LogP contribution in [0.5, 0.6) is 23.0 Å². The van der Waals surface area contributed by atoms with Gasteiger partial charge in [0.25, 0.3) is 11.1 Å². The Morgan fingerprint density at radius 1 is 1.03 bits per heavy atom. The van der Waals surface area contributed by atoms with E-state index in [1.165, 1.54) is 13.2 Å². The normalized spacial score (nSPS) is 14.5. The van der Waals surface area contributed by atoms with Crippen LogP contribution in [-0.2, 0) is 9.59 Å². The second-order valence-corrected chi connectivity index (χ2v) is 7.62. The Morgan fingerprint density at radius 2 is 1.76 bits per heavy atom. The van der Waals surface area contributed by atoms with Gasteiger partial charge in [-0.3, -0.25) is 14.5 Å². The second-order valence-electron chi connectivity index (χ2n) is 6.62. The number of rotatable bonds is 11. The molecule has 1 aliphatic rings. The number of imide groups is 1. The van der Waals surface area contributed by atoms with Crippen LogP contribution < -0.4 is 18.9 Å². The third kappa shape index (κ3) is 5.98. The Bertz CT molecular complexity index is 1070. The molecule has 1 aliphatic heterocycles. The van der Waals surface area contributed by atoms with Crippen molar-refractivity contribution in [3.05, 3.63) is 52.9 Å². The third-order valence-corrected chi connectivity index (χ3v) is 5.36. The van der Waals surface area contributed by atoms with Gasteiger partial charge in [-0.2, -0.15) is 0 Å². The van der Waals surface area contributed by atoms with Gasteiger partial charge in [-0.1, -0.05) is 24.3 Å². The van der Waals surface area contributed by atoms with Crippen molar-refractivity contribution in [3.63, 3.8) is 0 Å². The van der Waals surface area contributed by atoms with Crippen LogP contribution >= 0.6 is 11.8 Å². The molecule has 1 heterocycles. The van der Waals surface area contributed by atoms with E-state index < -0.39 is 23.7 Å². The Morgan fingerprint density at radius 3 is 2.45 bits per heavy atom. The fraction of sp³-hybridized carbons (Fsp3) is 0.261. The van der Waals surface area contributed by atoms with Gasteiger partial charge in [-0.05, 0) is 43.0 Å². The van der Waals surface area contributed by atoms with E-state index >= 15 is 0 Å². The number of hydrogen-bond acceptors (Lipinski definition) is 8. The van der Waals surface area contributed by atoms with Gasteiger partial charge >= 0.3 is 5.97 Å². The molecular formula is C23H23NO8S. The molecule has 0 aromatic heterocycles. The average Bonchev–Trinajstić information content (AvgIpc) is 3.06. The van der Waals surface area contributed by atoms with E-state index in [0.29, 0.717) is 29.4 Å². The minimum atomic E-state index is -1.15. The molecule has 9 nitrogen and oxygen atoms in total. The van der Waals surface area contributed by atoms with Crippen molar-refractivity contribution in [2.45, 2.75) is 6.92 Å². The topological polar surface area (TPSA) is 112 Å². The summed E-state index contributed by atoms with van der Waals surface area (Å²) in [5.41, 5.74) is 0.429. The standard InChI is InChI=1S/C23H23NO8S/c1-3-30-18-10-6-7-15(21(18)32-14-20(25)26)13-19-22(27)24(23(28)33-19)11-12-31-17-9-5-4-8-16(17)29-2/h4-10,13H,3,11-12,14H2,1-2H3,(H,25,26)/b19-13-. The van der Waals surface area contributed by atoms with E-state index in [1.807, 2.05) is 6.07 Å². The molecule has 0 atom stereocenters. The lowest BCUT2D eigenvalue weighted by molar-refractivity contribution is -0.139. The summed E-state index contributed by atoms with van der Waals surface area (Å²) >= 11 is 0.788. The maximum Gasteiger partial charge on any atom is 0.341 e. The Hall–Kier alpha value is -3.66. The summed E-state index contributed by atoms with van der Waals surface area (Å²) in [6.07, 6.45) is 1.49. The molecule has 2 aromatic rings. The zero-order chi connectivity index (χ0) is 23.8. The van der Waals surface area contributed by atoms with E-state index in [9.17, 15) is 14.4 Å². The fourth-order valence-corrected chi connectivity index (χ4v) is 3.88. The van der Waals surface area contributed by atoms with Crippen molar-refractivity contribution < 1.29 is 38.4 Å². The lowest BCUT2D eigenvalue weighted by atomic mass is 10.1. The van der Waals surface area contributed by atoms with Gasteiger partial charge in [-0.15, -0.1) is 0 Å². The molecule has 33 heavy (non-hydrogen) atoms. The van der Waals surface area contributed by atoms with Crippen molar-refractivity contribution in [2.24, 2.45) is 0 Å².